The molecule has 2 heterocycles. The quantitative estimate of drug-likeness (QED) is 0.840. The van der Waals surface area contributed by atoms with Gasteiger partial charge in [0.2, 0.25) is 0 Å². The predicted molar refractivity (Wildman–Crippen MR) is 63.1 cm³/mol. The number of rotatable bonds is 4. The topological polar surface area (TPSA) is 39.1 Å². The van der Waals surface area contributed by atoms with Gasteiger partial charge in [-0.25, -0.2) is 4.98 Å². The van der Waals surface area contributed by atoms with E-state index in [1.165, 1.54) is 0 Å². The van der Waals surface area contributed by atoms with Gasteiger partial charge in [-0.3, -0.25) is 0 Å². The molecule has 4 nitrogen and oxygen atoms in total. The molecule has 1 aromatic heterocycles. The van der Waals surface area contributed by atoms with Crippen molar-refractivity contribution in [1.82, 2.24) is 14.9 Å². The molecule has 0 aliphatic carbocycles. The van der Waals surface area contributed by atoms with Crippen molar-refractivity contribution in [3.05, 3.63) is 18.2 Å². The molecule has 4 heteroatoms. The number of aryl methyl sites for hydroxylation is 1. The van der Waals surface area contributed by atoms with Crippen LogP contribution in [0.5, 0.6) is 0 Å². The van der Waals surface area contributed by atoms with Crippen molar-refractivity contribution < 1.29 is 4.74 Å². The van der Waals surface area contributed by atoms with E-state index in [1.54, 1.807) is 0 Å². The normalized spacial score (nSPS) is 27.2. The standard InChI is InChI=1S/C12H21N3O/c1-4-13-11(10-7-9(2)16-8-10)12-14-5-6-15(12)3/h5-6,9-11,13H,4,7-8H2,1-3H3. The number of imidazole rings is 1. The van der Waals surface area contributed by atoms with E-state index in [9.17, 15) is 0 Å². The molecule has 90 valence electrons. The summed E-state index contributed by atoms with van der Waals surface area (Å²) in [6, 6.07) is 0.315. The van der Waals surface area contributed by atoms with Gasteiger partial charge in [0.25, 0.3) is 0 Å². The zero-order valence-corrected chi connectivity index (χ0v) is 10.3. The van der Waals surface area contributed by atoms with Crippen molar-refractivity contribution in [1.29, 1.82) is 0 Å². The first-order chi connectivity index (χ1) is 7.72. The van der Waals surface area contributed by atoms with Crippen LogP contribution in [-0.4, -0.2) is 28.8 Å². The third-order valence-corrected chi connectivity index (χ3v) is 3.26. The van der Waals surface area contributed by atoms with Crippen molar-refractivity contribution in [2.24, 2.45) is 13.0 Å². The van der Waals surface area contributed by atoms with Crippen LogP contribution in [0.2, 0.25) is 0 Å². The molecule has 0 amide bonds. The fourth-order valence-electron chi connectivity index (χ4n) is 2.45. The lowest BCUT2D eigenvalue weighted by molar-refractivity contribution is 0.116. The molecule has 3 unspecified atom stereocenters. The van der Waals surface area contributed by atoms with Crippen LogP contribution in [0.15, 0.2) is 12.4 Å². The van der Waals surface area contributed by atoms with Crippen LogP contribution in [0.1, 0.15) is 32.1 Å². The fraction of sp³-hybridized carbons (Fsp3) is 0.750. The van der Waals surface area contributed by atoms with E-state index in [0.29, 0.717) is 18.1 Å². The van der Waals surface area contributed by atoms with E-state index in [1.807, 2.05) is 19.4 Å². The molecule has 16 heavy (non-hydrogen) atoms. The average molecular weight is 223 g/mol. The van der Waals surface area contributed by atoms with Crippen molar-refractivity contribution in [2.75, 3.05) is 13.2 Å². The van der Waals surface area contributed by atoms with E-state index < -0.39 is 0 Å². The Balaban J connectivity index is 2.14. The first kappa shape index (κ1) is 11.6. The molecule has 0 radical (unpaired) electrons. The Bertz CT molecular complexity index is 337. The highest BCUT2D eigenvalue weighted by Gasteiger charge is 2.32. The van der Waals surface area contributed by atoms with Gasteiger partial charge in [-0.1, -0.05) is 6.92 Å². The second-order valence-electron chi connectivity index (χ2n) is 4.57. The van der Waals surface area contributed by atoms with E-state index in [2.05, 4.69) is 28.7 Å². The number of nitrogens with one attached hydrogen (secondary N) is 1. The summed E-state index contributed by atoms with van der Waals surface area (Å²) in [7, 11) is 2.05. The molecule has 1 saturated heterocycles. The minimum atomic E-state index is 0.315. The molecule has 0 saturated carbocycles. The number of aromatic nitrogens is 2. The second kappa shape index (κ2) is 4.97. The predicted octanol–water partition coefficient (Wildman–Crippen LogP) is 1.50. The van der Waals surface area contributed by atoms with E-state index in [-0.39, 0.29) is 0 Å². The van der Waals surface area contributed by atoms with Gasteiger partial charge < -0.3 is 14.6 Å². The molecule has 0 aromatic carbocycles. The third kappa shape index (κ3) is 2.28. The summed E-state index contributed by atoms with van der Waals surface area (Å²) in [5.74, 6) is 1.65. The summed E-state index contributed by atoms with van der Waals surface area (Å²) in [6.07, 6.45) is 5.36. The summed E-state index contributed by atoms with van der Waals surface area (Å²) >= 11 is 0. The van der Waals surface area contributed by atoms with Crippen LogP contribution >= 0.6 is 0 Å². The SMILES string of the molecule is CCNC(c1nccn1C)C1COC(C)C1. The Morgan fingerprint density at radius 3 is 3.00 bits per heavy atom. The summed E-state index contributed by atoms with van der Waals surface area (Å²) in [5, 5.41) is 3.52. The van der Waals surface area contributed by atoms with Crippen LogP contribution in [0, 0.1) is 5.92 Å². The number of hydrogen-bond acceptors (Lipinski definition) is 3. The molecular formula is C12H21N3O. The largest absolute Gasteiger partial charge is 0.378 e. The summed E-state index contributed by atoms with van der Waals surface area (Å²) in [6.45, 7) is 6.07. The van der Waals surface area contributed by atoms with Crippen molar-refractivity contribution in [3.63, 3.8) is 0 Å². The maximum absolute atomic E-state index is 5.65. The van der Waals surface area contributed by atoms with Crippen molar-refractivity contribution in [3.8, 4) is 0 Å². The summed E-state index contributed by atoms with van der Waals surface area (Å²) < 4.78 is 7.75. The average Bonchev–Trinajstić information content (AvgIpc) is 2.84. The highest BCUT2D eigenvalue weighted by Crippen LogP contribution is 2.30. The second-order valence-corrected chi connectivity index (χ2v) is 4.57. The van der Waals surface area contributed by atoms with Crippen LogP contribution < -0.4 is 5.32 Å². The van der Waals surface area contributed by atoms with E-state index in [0.717, 1.165) is 25.4 Å². The fourth-order valence-corrected chi connectivity index (χ4v) is 2.45. The Morgan fingerprint density at radius 1 is 1.69 bits per heavy atom. The Hall–Kier alpha value is -0.870. The van der Waals surface area contributed by atoms with Crippen LogP contribution in [-0.2, 0) is 11.8 Å². The number of ether oxygens (including phenoxy) is 1. The molecule has 1 aliphatic heterocycles. The minimum absolute atomic E-state index is 0.315. The third-order valence-electron chi connectivity index (χ3n) is 3.26. The van der Waals surface area contributed by atoms with Gasteiger partial charge in [0.1, 0.15) is 5.82 Å². The Morgan fingerprint density at radius 2 is 2.50 bits per heavy atom. The maximum Gasteiger partial charge on any atom is 0.125 e. The molecular weight excluding hydrogens is 202 g/mol. The van der Waals surface area contributed by atoms with Gasteiger partial charge in [-0.2, -0.15) is 0 Å². The number of nitrogens with zero attached hydrogens (tertiary/aromatic N) is 2. The van der Waals surface area contributed by atoms with Gasteiger partial charge in [0.05, 0.1) is 18.8 Å². The zero-order chi connectivity index (χ0) is 11.5. The molecule has 2 rings (SSSR count). The monoisotopic (exact) mass is 223 g/mol. The van der Waals surface area contributed by atoms with Gasteiger partial charge in [-0.15, -0.1) is 0 Å². The summed E-state index contributed by atoms with van der Waals surface area (Å²) in [5.41, 5.74) is 0. The molecule has 0 spiro atoms. The smallest absolute Gasteiger partial charge is 0.125 e. The van der Waals surface area contributed by atoms with Gasteiger partial charge in [-0.05, 0) is 19.9 Å². The lowest BCUT2D eigenvalue weighted by atomic mass is 9.96. The molecule has 3 atom stereocenters. The van der Waals surface area contributed by atoms with Crippen LogP contribution in [0.3, 0.4) is 0 Å². The molecule has 1 aliphatic rings. The highest BCUT2D eigenvalue weighted by atomic mass is 16.5. The molecule has 0 bridgehead atoms. The molecule has 1 fully saturated rings. The lowest BCUT2D eigenvalue weighted by Gasteiger charge is -2.22. The Kier molecular flexibility index (Phi) is 3.61. The zero-order valence-electron chi connectivity index (χ0n) is 10.3. The van der Waals surface area contributed by atoms with Crippen LogP contribution in [0.4, 0.5) is 0 Å². The highest BCUT2D eigenvalue weighted by molar-refractivity contribution is 5.02. The minimum Gasteiger partial charge on any atom is -0.378 e. The van der Waals surface area contributed by atoms with Gasteiger partial charge in [0.15, 0.2) is 0 Å². The summed E-state index contributed by atoms with van der Waals surface area (Å²) in [4.78, 5) is 4.45. The first-order valence-electron chi connectivity index (χ1n) is 6.04. The molecule has 1 aromatic rings. The van der Waals surface area contributed by atoms with E-state index in [4.69, 9.17) is 4.74 Å². The van der Waals surface area contributed by atoms with Gasteiger partial charge in [0, 0.05) is 25.4 Å². The lowest BCUT2D eigenvalue weighted by Crippen LogP contribution is -2.30. The number of hydrogen-bond donors (Lipinski definition) is 1. The maximum atomic E-state index is 5.65. The van der Waals surface area contributed by atoms with Crippen molar-refractivity contribution in [2.45, 2.75) is 32.4 Å². The Labute approximate surface area is 97.0 Å². The van der Waals surface area contributed by atoms with Crippen molar-refractivity contribution >= 4 is 0 Å². The molecule has 1 N–H and O–H groups in total. The first-order valence-corrected chi connectivity index (χ1v) is 6.04. The van der Waals surface area contributed by atoms with Gasteiger partial charge >= 0.3 is 0 Å². The van der Waals surface area contributed by atoms with Crippen LogP contribution in [0.25, 0.3) is 0 Å². The van der Waals surface area contributed by atoms with E-state index >= 15 is 0 Å².